The predicted octanol–water partition coefficient (Wildman–Crippen LogP) is 0.521. The molecule has 1 saturated carbocycles. The fourth-order valence-electron chi connectivity index (χ4n) is 2.86. The quantitative estimate of drug-likeness (QED) is 0.686. The minimum atomic E-state index is -0.767. The first-order chi connectivity index (χ1) is 7.53. The highest BCUT2D eigenvalue weighted by Gasteiger charge is 2.41. The van der Waals surface area contributed by atoms with Crippen LogP contribution in [-0.4, -0.2) is 46.3 Å². The number of carbonyl (C=O) groups is 1. The summed E-state index contributed by atoms with van der Waals surface area (Å²) in [7, 11) is 0. The monoisotopic (exact) mass is 227 g/mol. The van der Waals surface area contributed by atoms with Gasteiger partial charge in [-0.25, -0.2) is 0 Å². The second kappa shape index (κ2) is 4.34. The molecule has 4 nitrogen and oxygen atoms in total. The van der Waals surface area contributed by atoms with Crippen molar-refractivity contribution in [2.45, 2.75) is 51.2 Å². The van der Waals surface area contributed by atoms with Crippen LogP contribution >= 0.6 is 0 Å². The second-order valence-corrected chi connectivity index (χ2v) is 5.47. The smallest absolute Gasteiger partial charge is 0.228 e. The van der Waals surface area contributed by atoms with Crippen LogP contribution in [0.3, 0.4) is 0 Å². The minimum absolute atomic E-state index is 0.114. The summed E-state index contributed by atoms with van der Waals surface area (Å²) in [4.78, 5) is 13.9. The highest BCUT2D eigenvalue weighted by molar-refractivity contribution is 5.82. The van der Waals surface area contributed by atoms with Crippen LogP contribution in [-0.2, 0) is 4.79 Å². The van der Waals surface area contributed by atoms with Gasteiger partial charge in [0.25, 0.3) is 0 Å². The summed E-state index contributed by atoms with van der Waals surface area (Å²) < 4.78 is 0. The van der Waals surface area contributed by atoms with E-state index in [2.05, 4.69) is 0 Å². The lowest BCUT2D eigenvalue weighted by Gasteiger charge is -2.35. The van der Waals surface area contributed by atoms with Crippen molar-refractivity contribution in [1.29, 1.82) is 0 Å². The van der Waals surface area contributed by atoms with Crippen LogP contribution in [0.1, 0.15) is 39.0 Å². The molecule has 0 spiro atoms. The second-order valence-electron chi connectivity index (χ2n) is 5.47. The molecule has 1 heterocycles. The maximum Gasteiger partial charge on any atom is 0.228 e. The summed E-state index contributed by atoms with van der Waals surface area (Å²) in [5.41, 5.74) is -0.262. The molecule has 1 amide bonds. The Hall–Kier alpha value is -0.610. The molecule has 1 aliphatic carbocycles. The molecule has 0 aromatic carbocycles. The van der Waals surface area contributed by atoms with Gasteiger partial charge in [-0.15, -0.1) is 0 Å². The Labute approximate surface area is 96.3 Å². The fourth-order valence-corrected chi connectivity index (χ4v) is 2.86. The highest BCUT2D eigenvalue weighted by atomic mass is 16.3. The molecule has 2 fully saturated rings. The van der Waals surface area contributed by atoms with E-state index in [4.69, 9.17) is 0 Å². The first-order valence-corrected chi connectivity index (χ1v) is 6.18. The van der Waals surface area contributed by atoms with E-state index in [1.54, 1.807) is 4.90 Å². The lowest BCUT2D eigenvalue weighted by molar-refractivity contribution is -0.142. The van der Waals surface area contributed by atoms with Crippen molar-refractivity contribution >= 4 is 5.91 Å². The van der Waals surface area contributed by atoms with E-state index in [0.29, 0.717) is 0 Å². The number of amides is 1. The van der Waals surface area contributed by atoms with Gasteiger partial charge in [-0.1, -0.05) is 26.2 Å². The Balaban J connectivity index is 2.01. The Kier molecular flexibility index (Phi) is 3.22. The SMILES string of the molecule is CC1(C(=O)N2CC(O)C(O)C2)CCCCC1. The van der Waals surface area contributed by atoms with Crippen molar-refractivity contribution in [2.24, 2.45) is 5.41 Å². The van der Waals surface area contributed by atoms with Crippen LogP contribution in [0, 0.1) is 5.41 Å². The first-order valence-electron chi connectivity index (χ1n) is 6.18. The summed E-state index contributed by atoms with van der Waals surface area (Å²) in [6, 6.07) is 0. The molecule has 16 heavy (non-hydrogen) atoms. The third-order valence-electron chi connectivity index (χ3n) is 4.02. The van der Waals surface area contributed by atoms with Crippen molar-refractivity contribution < 1.29 is 15.0 Å². The minimum Gasteiger partial charge on any atom is -0.388 e. The molecule has 2 aliphatic rings. The number of hydrogen-bond acceptors (Lipinski definition) is 3. The lowest BCUT2D eigenvalue weighted by Crippen LogP contribution is -2.42. The van der Waals surface area contributed by atoms with E-state index >= 15 is 0 Å². The molecule has 92 valence electrons. The van der Waals surface area contributed by atoms with Gasteiger partial charge in [-0.2, -0.15) is 0 Å². The maximum absolute atomic E-state index is 12.3. The molecule has 2 atom stereocenters. The Bertz CT molecular complexity index is 263. The summed E-state index contributed by atoms with van der Waals surface area (Å²) in [5, 5.41) is 18.9. The van der Waals surface area contributed by atoms with Crippen molar-refractivity contribution in [2.75, 3.05) is 13.1 Å². The number of nitrogens with zero attached hydrogens (tertiary/aromatic N) is 1. The van der Waals surface area contributed by atoms with Crippen LogP contribution in [0.15, 0.2) is 0 Å². The Morgan fingerprint density at radius 2 is 1.62 bits per heavy atom. The van der Waals surface area contributed by atoms with E-state index in [1.165, 1.54) is 6.42 Å². The van der Waals surface area contributed by atoms with Gasteiger partial charge in [0.1, 0.15) is 0 Å². The van der Waals surface area contributed by atoms with Gasteiger partial charge >= 0.3 is 0 Å². The maximum atomic E-state index is 12.3. The Morgan fingerprint density at radius 1 is 1.12 bits per heavy atom. The third kappa shape index (κ3) is 2.09. The molecule has 4 heteroatoms. The van der Waals surface area contributed by atoms with Gasteiger partial charge in [0.2, 0.25) is 5.91 Å². The summed E-state index contributed by atoms with van der Waals surface area (Å²) in [5.74, 6) is 0.114. The summed E-state index contributed by atoms with van der Waals surface area (Å²) in [6.07, 6.45) is 3.78. The molecule has 0 aromatic rings. The predicted molar refractivity (Wildman–Crippen MR) is 59.8 cm³/mol. The van der Waals surface area contributed by atoms with Crippen LogP contribution in [0.25, 0.3) is 0 Å². The number of rotatable bonds is 1. The van der Waals surface area contributed by atoms with Crippen molar-refractivity contribution in [3.8, 4) is 0 Å². The first kappa shape index (κ1) is 11.9. The highest BCUT2D eigenvalue weighted by Crippen LogP contribution is 2.38. The van der Waals surface area contributed by atoms with E-state index in [9.17, 15) is 15.0 Å². The van der Waals surface area contributed by atoms with Gasteiger partial charge in [0.05, 0.1) is 12.2 Å². The van der Waals surface area contributed by atoms with Gasteiger partial charge in [0.15, 0.2) is 0 Å². The number of likely N-dealkylation sites (tertiary alicyclic amines) is 1. The third-order valence-corrected chi connectivity index (χ3v) is 4.02. The molecule has 0 radical (unpaired) electrons. The molecule has 2 rings (SSSR count). The summed E-state index contributed by atoms with van der Waals surface area (Å²) >= 11 is 0. The van der Waals surface area contributed by atoms with E-state index in [0.717, 1.165) is 25.7 Å². The molecule has 1 saturated heterocycles. The Morgan fingerprint density at radius 3 is 2.12 bits per heavy atom. The van der Waals surface area contributed by atoms with Crippen LogP contribution in [0.2, 0.25) is 0 Å². The van der Waals surface area contributed by atoms with Crippen LogP contribution < -0.4 is 0 Å². The molecule has 2 unspecified atom stereocenters. The number of aliphatic hydroxyl groups is 2. The van der Waals surface area contributed by atoms with Crippen molar-refractivity contribution in [3.63, 3.8) is 0 Å². The topological polar surface area (TPSA) is 60.8 Å². The average molecular weight is 227 g/mol. The van der Waals surface area contributed by atoms with E-state index < -0.39 is 12.2 Å². The van der Waals surface area contributed by atoms with Gasteiger partial charge in [0, 0.05) is 18.5 Å². The van der Waals surface area contributed by atoms with Gasteiger partial charge < -0.3 is 15.1 Å². The fraction of sp³-hybridized carbons (Fsp3) is 0.917. The zero-order chi connectivity index (χ0) is 11.8. The van der Waals surface area contributed by atoms with Crippen molar-refractivity contribution in [1.82, 2.24) is 4.90 Å². The number of hydrogen-bond donors (Lipinski definition) is 2. The normalized spacial score (nSPS) is 34.1. The summed E-state index contributed by atoms with van der Waals surface area (Å²) in [6.45, 7) is 2.59. The zero-order valence-electron chi connectivity index (χ0n) is 9.85. The zero-order valence-corrected chi connectivity index (χ0v) is 9.85. The molecule has 1 aliphatic heterocycles. The number of aliphatic hydroxyl groups excluding tert-OH is 2. The van der Waals surface area contributed by atoms with Crippen molar-refractivity contribution in [3.05, 3.63) is 0 Å². The molecule has 0 aromatic heterocycles. The standard InChI is InChI=1S/C12H21NO3/c1-12(5-3-2-4-6-12)11(16)13-7-9(14)10(15)8-13/h9-10,14-15H,2-8H2,1H3. The van der Waals surface area contributed by atoms with Gasteiger partial charge in [-0.3, -0.25) is 4.79 Å². The van der Waals surface area contributed by atoms with Crippen LogP contribution in [0.5, 0.6) is 0 Å². The average Bonchev–Trinajstić information content (AvgIpc) is 2.59. The van der Waals surface area contributed by atoms with E-state index in [1.807, 2.05) is 6.92 Å². The number of β-amino-alcohol motifs (C(OH)–C–C–N with tert-alkyl or cyclic N) is 2. The van der Waals surface area contributed by atoms with Crippen LogP contribution in [0.4, 0.5) is 0 Å². The van der Waals surface area contributed by atoms with Gasteiger partial charge in [-0.05, 0) is 12.8 Å². The molecular formula is C12H21NO3. The largest absolute Gasteiger partial charge is 0.388 e. The molecular weight excluding hydrogens is 206 g/mol. The molecule has 2 N–H and O–H groups in total. The number of carbonyl (C=O) groups excluding carboxylic acids is 1. The lowest BCUT2D eigenvalue weighted by atomic mass is 9.75. The molecule has 0 bridgehead atoms. The van der Waals surface area contributed by atoms with E-state index in [-0.39, 0.29) is 24.4 Å².